The van der Waals surface area contributed by atoms with Gasteiger partial charge in [-0.05, 0) is 17.7 Å². The van der Waals surface area contributed by atoms with Crippen LogP contribution in [0.2, 0.25) is 0 Å². The molecule has 1 aliphatic heterocycles. The van der Waals surface area contributed by atoms with Crippen molar-refractivity contribution >= 4 is 33.6 Å². The minimum atomic E-state index is -0.391. The van der Waals surface area contributed by atoms with Gasteiger partial charge in [0.15, 0.2) is 0 Å². The molecule has 7 heteroatoms. The average Bonchev–Trinajstić information content (AvgIpc) is 3.33. The van der Waals surface area contributed by atoms with E-state index in [0.717, 1.165) is 38.6 Å². The Morgan fingerprint density at radius 1 is 0.914 bits per heavy atom. The van der Waals surface area contributed by atoms with Crippen LogP contribution in [0, 0.1) is 0 Å². The molecule has 0 bridgehead atoms. The van der Waals surface area contributed by atoms with Crippen molar-refractivity contribution in [2.75, 3.05) is 0 Å². The first-order valence-corrected chi connectivity index (χ1v) is 11.4. The number of hydrogen-bond donors (Lipinski definition) is 1. The Morgan fingerprint density at radius 3 is 2.51 bits per heavy atom. The second-order valence-electron chi connectivity index (χ2n) is 8.52. The molecule has 35 heavy (non-hydrogen) atoms. The third-order valence-corrected chi connectivity index (χ3v) is 6.39. The number of para-hydroxylation sites is 2. The van der Waals surface area contributed by atoms with Crippen molar-refractivity contribution in [2.45, 2.75) is 19.4 Å². The normalized spacial score (nSPS) is 15.5. The van der Waals surface area contributed by atoms with Crippen molar-refractivity contribution in [3.05, 3.63) is 107 Å². The van der Waals surface area contributed by atoms with Gasteiger partial charge < -0.3 is 4.98 Å². The molecule has 2 aromatic heterocycles. The molecule has 1 amide bonds. The third-order valence-electron chi connectivity index (χ3n) is 6.39. The number of amides is 1. The van der Waals surface area contributed by atoms with E-state index in [4.69, 9.17) is 5.10 Å². The number of fused-ring (bicyclic) bond motifs is 2. The van der Waals surface area contributed by atoms with E-state index in [2.05, 4.69) is 15.0 Å². The minimum Gasteiger partial charge on any atom is -0.321 e. The van der Waals surface area contributed by atoms with E-state index in [9.17, 15) is 9.59 Å². The fraction of sp³-hybridized carbons (Fsp3) is 0.107. The Morgan fingerprint density at radius 2 is 1.69 bits per heavy atom. The fourth-order valence-electron chi connectivity index (χ4n) is 4.90. The number of benzene rings is 3. The molecule has 0 saturated heterocycles. The summed E-state index contributed by atoms with van der Waals surface area (Å²) in [4.78, 5) is 38.1. The summed E-state index contributed by atoms with van der Waals surface area (Å²) in [5.41, 5.74) is 5.61. The van der Waals surface area contributed by atoms with E-state index in [0.29, 0.717) is 17.7 Å². The molecule has 1 atom stereocenters. The molecular formula is C28H21N5O2. The minimum absolute atomic E-state index is 0.204. The lowest BCUT2D eigenvalue weighted by molar-refractivity contribution is -0.130. The zero-order valence-electron chi connectivity index (χ0n) is 19.0. The van der Waals surface area contributed by atoms with Crippen LogP contribution >= 0.6 is 0 Å². The zero-order valence-corrected chi connectivity index (χ0v) is 19.0. The van der Waals surface area contributed by atoms with Crippen LogP contribution in [0.25, 0.3) is 33.1 Å². The van der Waals surface area contributed by atoms with E-state index in [-0.39, 0.29) is 11.5 Å². The molecule has 1 aliphatic rings. The van der Waals surface area contributed by atoms with E-state index >= 15 is 0 Å². The summed E-state index contributed by atoms with van der Waals surface area (Å²) in [6.45, 7) is 1.49. The van der Waals surface area contributed by atoms with Crippen molar-refractivity contribution in [2.24, 2.45) is 5.10 Å². The highest BCUT2D eigenvalue weighted by Crippen LogP contribution is 2.38. The zero-order chi connectivity index (χ0) is 23.9. The first-order valence-electron chi connectivity index (χ1n) is 11.4. The molecule has 0 aliphatic carbocycles. The number of aromatic nitrogens is 3. The Hall–Kier alpha value is -4.65. The third kappa shape index (κ3) is 3.49. The van der Waals surface area contributed by atoms with Crippen LogP contribution in [0.1, 0.15) is 30.5 Å². The van der Waals surface area contributed by atoms with Gasteiger partial charge in [-0.15, -0.1) is 0 Å². The highest BCUT2D eigenvalue weighted by atomic mass is 16.2. The number of aromatic amines is 1. The van der Waals surface area contributed by atoms with Gasteiger partial charge in [0.1, 0.15) is 0 Å². The van der Waals surface area contributed by atoms with Crippen molar-refractivity contribution in [1.29, 1.82) is 0 Å². The number of carbonyl (C=O) groups excluding carboxylic acids is 1. The maximum atomic E-state index is 13.5. The number of pyridine rings is 1. The molecular weight excluding hydrogens is 438 g/mol. The molecule has 3 heterocycles. The number of hydrazone groups is 1. The molecule has 6 rings (SSSR count). The standard InChI is InChI=1S/C28H21N5O2/c1-17(34)33-24(20-11-7-13-22-27(20)30-15-14-29-22)16-23(32-33)26-25(18-8-3-2-4-9-18)19-10-5-6-12-21(19)31-28(26)35/h2-15,24H,16H2,1H3,(H,31,35). The van der Waals surface area contributed by atoms with Gasteiger partial charge >= 0.3 is 0 Å². The quantitative estimate of drug-likeness (QED) is 0.418. The maximum absolute atomic E-state index is 13.5. The summed E-state index contributed by atoms with van der Waals surface area (Å²) in [6, 6.07) is 22.9. The van der Waals surface area contributed by atoms with Crippen LogP contribution in [-0.4, -0.2) is 31.6 Å². The summed E-state index contributed by atoms with van der Waals surface area (Å²) < 4.78 is 0. The van der Waals surface area contributed by atoms with E-state index in [1.165, 1.54) is 11.9 Å². The Labute approximate surface area is 200 Å². The molecule has 170 valence electrons. The molecule has 0 fully saturated rings. The Kier molecular flexibility index (Phi) is 4.95. The highest BCUT2D eigenvalue weighted by Gasteiger charge is 2.35. The van der Waals surface area contributed by atoms with Gasteiger partial charge in [-0.3, -0.25) is 19.6 Å². The second-order valence-corrected chi connectivity index (χ2v) is 8.52. The van der Waals surface area contributed by atoms with E-state index in [1.54, 1.807) is 12.4 Å². The topological polar surface area (TPSA) is 91.3 Å². The van der Waals surface area contributed by atoms with Crippen LogP contribution in [0.5, 0.6) is 0 Å². The van der Waals surface area contributed by atoms with Gasteiger partial charge in [0.2, 0.25) is 5.91 Å². The smallest absolute Gasteiger partial charge is 0.258 e. The molecule has 0 spiro atoms. The largest absolute Gasteiger partial charge is 0.321 e. The van der Waals surface area contributed by atoms with Gasteiger partial charge in [0.25, 0.3) is 5.56 Å². The van der Waals surface area contributed by atoms with E-state index < -0.39 is 6.04 Å². The number of hydrogen-bond acceptors (Lipinski definition) is 5. The number of nitrogens with zero attached hydrogens (tertiary/aromatic N) is 4. The van der Waals surface area contributed by atoms with Gasteiger partial charge in [0, 0.05) is 47.8 Å². The molecule has 5 aromatic rings. The number of H-pyrrole nitrogens is 1. The molecule has 0 radical (unpaired) electrons. The molecule has 0 saturated carbocycles. The number of rotatable bonds is 3. The predicted octanol–water partition coefficient (Wildman–Crippen LogP) is 4.84. The molecule has 7 nitrogen and oxygen atoms in total. The lowest BCUT2D eigenvalue weighted by atomic mass is 9.91. The highest BCUT2D eigenvalue weighted by molar-refractivity contribution is 6.13. The maximum Gasteiger partial charge on any atom is 0.258 e. The summed E-state index contributed by atoms with van der Waals surface area (Å²) in [7, 11) is 0. The van der Waals surface area contributed by atoms with Crippen molar-refractivity contribution < 1.29 is 4.79 Å². The Balaban J connectivity index is 1.57. The summed E-state index contributed by atoms with van der Waals surface area (Å²) in [5, 5.41) is 7.09. The molecule has 3 aromatic carbocycles. The molecule has 1 N–H and O–H groups in total. The lowest BCUT2D eigenvalue weighted by Gasteiger charge is -2.21. The van der Waals surface area contributed by atoms with Crippen LogP contribution < -0.4 is 5.56 Å². The van der Waals surface area contributed by atoms with Crippen molar-refractivity contribution in [3.63, 3.8) is 0 Å². The monoisotopic (exact) mass is 459 g/mol. The first-order chi connectivity index (χ1) is 17.1. The van der Waals surface area contributed by atoms with Crippen LogP contribution in [-0.2, 0) is 4.79 Å². The second kappa shape index (κ2) is 8.29. The van der Waals surface area contributed by atoms with E-state index in [1.807, 2.05) is 72.8 Å². The summed E-state index contributed by atoms with van der Waals surface area (Å²) >= 11 is 0. The van der Waals surface area contributed by atoms with Crippen LogP contribution in [0.15, 0.2) is 95.1 Å². The van der Waals surface area contributed by atoms with Crippen LogP contribution in [0.3, 0.4) is 0 Å². The lowest BCUT2D eigenvalue weighted by Crippen LogP contribution is -2.24. The van der Waals surface area contributed by atoms with Crippen LogP contribution in [0.4, 0.5) is 0 Å². The first kappa shape index (κ1) is 20.9. The number of carbonyl (C=O) groups is 1. The predicted molar refractivity (Wildman–Crippen MR) is 136 cm³/mol. The Bertz CT molecular complexity index is 1690. The van der Waals surface area contributed by atoms with Gasteiger partial charge in [-0.25, -0.2) is 5.01 Å². The van der Waals surface area contributed by atoms with Crippen molar-refractivity contribution in [3.8, 4) is 11.1 Å². The summed E-state index contributed by atoms with van der Waals surface area (Å²) in [6.07, 6.45) is 3.67. The van der Waals surface area contributed by atoms with Gasteiger partial charge in [0.05, 0.1) is 28.4 Å². The van der Waals surface area contributed by atoms with Gasteiger partial charge in [-0.2, -0.15) is 5.10 Å². The molecule has 1 unspecified atom stereocenters. The summed E-state index contributed by atoms with van der Waals surface area (Å²) in [5.74, 6) is -0.204. The fourth-order valence-corrected chi connectivity index (χ4v) is 4.90. The van der Waals surface area contributed by atoms with Crippen molar-refractivity contribution in [1.82, 2.24) is 20.0 Å². The number of nitrogens with one attached hydrogen (secondary N) is 1. The average molecular weight is 460 g/mol. The SMILES string of the molecule is CC(=O)N1N=C(c2c(-c3ccccc3)c3ccccc3[nH]c2=O)CC1c1cccc2nccnc12. The van der Waals surface area contributed by atoms with Gasteiger partial charge in [-0.1, -0.05) is 60.7 Å².